The molecule has 0 spiro atoms. The number of anilines is 1. The van der Waals surface area contributed by atoms with Crippen LogP contribution in [0.15, 0.2) is 16.8 Å². The predicted octanol–water partition coefficient (Wildman–Crippen LogP) is 2.53. The van der Waals surface area contributed by atoms with Gasteiger partial charge in [-0.05, 0) is 18.9 Å². The molecule has 0 N–H and O–H groups in total. The van der Waals surface area contributed by atoms with E-state index in [-0.39, 0.29) is 12.0 Å². The van der Waals surface area contributed by atoms with E-state index in [0.717, 1.165) is 25.1 Å². The summed E-state index contributed by atoms with van der Waals surface area (Å²) < 4.78 is 43.1. The van der Waals surface area contributed by atoms with E-state index < -0.39 is 11.9 Å². The maximum absolute atomic E-state index is 12.7. The van der Waals surface area contributed by atoms with Gasteiger partial charge in [-0.15, -0.1) is 0 Å². The molecule has 9 heteroatoms. The number of rotatable bonds is 2. The molecule has 3 heterocycles. The van der Waals surface area contributed by atoms with Crippen LogP contribution in [0.25, 0.3) is 0 Å². The lowest BCUT2D eigenvalue weighted by Crippen LogP contribution is -2.26. The number of hydrogen-bond donors (Lipinski definition) is 0. The van der Waals surface area contributed by atoms with Crippen LogP contribution in [0.3, 0.4) is 0 Å². The second kappa shape index (κ2) is 4.97. The Morgan fingerprint density at radius 3 is 2.81 bits per heavy atom. The molecule has 3 rings (SSSR count). The highest BCUT2D eigenvalue weighted by Gasteiger charge is 2.36. The molecule has 0 aliphatic carbocycles. The third-order valence-electron chi connectivity index (χ3n) is 3.28. The van der Waals surface area contributed by atoms with Crippen LogP contribution in [0, 0.1) is 6.92 Å². The summed E-state index contributed by atoms with van der Waals surface area (Å²) in [5.74, 6) is 0.905. The normalized spacial score (nSPS) is 19.2. The molecule has 1 atom stereocenters. The van der Waals surface area contributed by atoms with Crippen molar-refractivity contribution >= 4 is 5.95 Å². The van der Waals surface area contributed by atoms with Gasteiger partial charge >= 0.3 is 6.18 Å². The fourth-order valence-corrected chi connectivity index (χ4v) is 2.37. The monoisotopic (exact) mass is 299 g/mol. The van der Waals surface area contributed by atoms with Gasteiger partial charge in [-0.1, -0.05) is 5.16 Å². The third kappa shape index (κ3) is 2.67. The van der Waals surface area contributed by atoms with Crippen LogP contribution in [0.5, 0.6) is 0 Å². The fraction of sp³-hybridized carbons (Fsp3) is 0.500. The van der Waals surface area contributed by atoms with Crippen molar-refractivity contribution in [3.8, 4) is 0 Å². The van der Waals surface area contributed by atoms with Gasteiger partial charge in [-0.25, -0.2) is 9.97 Å². The molecule has 0 unspecified atom stereocenters. The molecule has 112 valence electrons. The summed E-state index contributed by atoms with van der Waals surface area (Å²) in [7, 11) is 0. The lowest BCUT2D eigenvalue weighted by atomic mass is 10.2. The molecule has 1 aliphatic rings. The Morgan fingerprint density at radius 2 is 2.14 bits per heavy atom. The molecule has 1 aliphatic heterocycles. The number of halogens is 3. The van der Waals surface area contributed by atoms with Gasteiger partial charge in [-0.2, -0.15) is 18.2 Å². The Morgan fingerprint density at radius 1 is 1.33 bits per heavy atom. The number of nitrogens with zero attached hydrogens (tertiary/aromatic N) is 5. The van der Waals surface area contributed by atoms with E-state index in [1.165, 1.54) is 0 Å². The van der Waals surface area contributed by atoms with Gasteiger partial charge in [0.2, 0.25) is 11.8 Å². The van der Waals surface area contributed by atoms with E-state index in [2.05, 4.69) is 20.1 Å². The van der Waals surface area contributed by atoms with E-state index in [0.29, 0.717) is 18.3 Å². The molecule has 2 aromatic heterocycles. The molecular weight excluding hydrogens is 287 g/mol. The number of aryl methyl sites for hydroxylation is 1. The van der Waals surface area contributed by atoms with Crippen LogP contribution in [0.4, 0.5) is 19.1 Å². The van der Waals surface area contributed by atoms with E-state index in [1.54, 1.807) is 11.8 Å². The van der Waals surface area contributed by atoms with Crippen molar-refractivity contribution in [3.05, 3.63) is 29.7 Å². The van der Waals surface area contributed by atoms with Gasteiger partial charge in [-0.3, -0.25) is 0 Å². The van der Waals surface area contributed by atoms with Crippen LogP contribution in [0.2, 0.25) is 0 Å². The zero-order valence-corrected chi connectivity index (χ0v) is 11.1. The third-order valence-corrected chi connectivity index (χ3v) is 3.28. The highest BCUT2D eigenvalue weighted by Crippen LogP contribution is 2.34. The summed E-state index contributed by atoms with van der Waals surface area (Å²) in [6.07, 6.45) is -1.85. The van der Waals surface area contributed by atoms with Crippen LogP contribution < -0.4 is 4.90 Å². The predicted molar refractivity (Wildman–Crippen MR) is 65.4 cm³/mol. The first-order valence-electron chi connectivity index (χ1n) is 6.42. The summed E-state index contributed by atoms with van der Waals surface area (Å²) in [6, 6.07) is 0.596. The van der Waals surface area contributed by atoms with Gasteiger partial charge in [0, 0.05) is 19.7 Å². The Labute approximate surface area is 118 Å². The molecule has 21 heavy (non-hydrogen) atoms. The molecule has 1 saturated heterocycles. The molecule has 6 nitrogen and oxygen atoms in total. The quantitative estimate of drug-likeness (QED) is 0.849. The van der Waals surface area contributed by atoms with Crippen molar-refractivity contribution in [2.75, 3.05) is 11.4 Å². The zero-order chi connectivity index (χ0) is 15.0. The molecule has 0 radical (unpaired) electrons. The fourth-order valence-electron chi connectivity index (χ4n) is 2.37. The second-order valence-corrected chi connectivity index (χ2v) is 4.76. The van der Waals surface area contributed by atoms with E-state index in [9.17, 15) is 13.2 Å². The molecular formula is C12H12F3N5O. The van der Waals surface area contributed by atoms with E-state index in [1.807, 2.05) is 0 Å². The SMILES string of the molecule is Cc1nc([C@H]2CCCN2c2nccc(C(F)(F)F)n2)no1. The highest BCUT2D eigenvalue weighted by atomic mass is 19.4. The molecule has 0 amide bonds. The van der Waals surface area contributed by atoms with Crippen LogP contribution in [-0.4, -0.2) is 26.7 Å². The average Bonchev–Trinajstić information content (AvgIpc) is 3.06. The number of aromatic nitrogens is 4. The summed E-state index contributed by atoms with van der Waals surface area (Å²) in [4.78, 5) is 13.4. The number of hydrogen-bond acceptors (Lipinski definition) is 6. The lowest BCUT2D eigenvalue weighted by Gasteiger charge is -2.22. The molecule has 2 aromatic rings. The van der Waals surface area contributed by atoms with Crippen molar-refractivity contribution in [1.82, 2.24) is 20.1 Å². The maximum atomic E-state index is 12.7. The minimum atomic E-state index is -4.49. The minimum absolute atomic E-state index is 0.0368. The first kappa shape index (κ1) is 13.8. The van der Waals surface area contributed by atoms with Gasteiger partial charge in [0.15, 0.2) is 5.82 Å². The summed E-state index contributed by atoms with van der Waals surface area (Å²) in [5, 5.41) is 3.84. The molecule has 0 bridgehead atoms. The molecule has 0 aromatic carbocycles. The Hall–Kier alpha value is -2.19. The van der Waals surface area contributed by atoms with Gasteiger partial charge in [0.1, 0.15) is 5.69 Å². The van der Waals surface area contributed by atoms with Crippen molar-refractivity contribution in [2.45, 2.75) is 32.0 Å². The smallest absolute Gasteiger partial charge is 0.340 e. The first-order valence-corrected chi connectivity index (χ1v) is 6.42. The van der Waals surface area contributed by atoms with E-state index >= 15 is 0 Å². The summed E-state index contributed by atoms with van der Waals surface area (Å²) in [6.45, 7) is 2.22. The van der Waals surface area contributed by atoms with Gasteiger partial charge < -0.3 is 9.42 Å². The standard InChI is InChI=1S/C12H12F3N5O/c1-7-17-10(19-21-7)8-3-2-6-20(8)11-16-5-4-9(18-11)12(13,14)15/h4-5,8H,2-3,6H2,1H3/t8-/m1/s1. The minimum Gasteiger partial charge on any atom is -0.340 e. The largest absolute Gasteiger partial charge is 0.433 e. The van der Waals surface area contributed by atoms with E-state index in [4.69, 9.17) is 4.52 Å². The van der Waals surface area contributed by atoms with Crippen molar-refractivity contribution in [2.24, 2.45) is 0 Å². The van der Waals surface area contributed by atoms with Crippen molar-refractivity contribution < 1.29 is 17.7 Å². The van der Waals surface area contributed by atoms with Gasteiger partial charge in [0.05, 0.1) is 6.04 Å². The Bertz CT molecular complexity index is 642. The molecule has 1 fully saturated rings. The summed E-state index contributed by atoms with van der Waals surface area (Å²) >= 11 is 0. The summed E-state index contributed by atoms with van der Waals surface area (Å²) in [5.41, 5.74) is -0.956. The maximum Gasteiger partial charge on any atom is 0.433 e. The van der Waals surface area contributed by atoms with Gasteiger partial charge in [0.25, 0.3) is 0 Å². The van der Waals surface area contributed by atoms with Crippen molar-refractivity contribution in [1.29, 1.82) is 0 Å². The van der Waals surface area contributed by atoms with Crippen molar-refractivity contribution in [3.63, 3.8) is 0 Å². The van der Waals surface area contributed by atoms with Crippen LogP contribution in [-0.2, 0) is 6.18 Å². The Kier molecular flexibility index (Phi) is 3.26. The average molecular weight is 299 g/mol. The molecule has 0 saturated carbocycles. The topological polar surface area (TPSA) is 67.9 Å². The number of alkyl halides is 3. The highest BCUT2D eigenvalue weighted by molar-refractivity contribution is 5.35. The first-order chi connectivity index (χ1) is 9.95. The van der Waals surface area contributed by atoms with Crippen LogP contribution in [0.1, 0.15) is 36.3 Å². The van der Waals surface area contributed by atoms with Crippen LogP contribution >= 0.6 is 0 Å². The Balaban J connectivity index is 1.92. The zero-order valence-electron chi connectivity index (χ0n) is 11.1. The second-order valence-electron chi connectivity index (χ2n) is 4.76. The lowest BCUT2D eigenvalue weighted by molar-refractivity contribution is -0.141.